The molecule has 23 heavy (non-hydrogen) atoms. The maximum absolute atomic E-state index is 9.42. The molecule has 3 aromatic carbocycles. The van der Waals surface area contributed by atoms with Crippen LogP contribution in [0.1, 0.15) is 16.7 Å². The van der Waals surface area contributed by atoms with Gasteiger partial charge < -0.3 is 0 Å². The van der Waals surface area contributed by atoms with Crippen LogP contribution < -0.4 is 5.43 Å². The smallest absolute Gasteiger partial charge is 0.0998 e. The molecule has 1 aliphatic rings. The molecule has 3 aromatic rings. The van der Waals surface area contributed by atoms with E-state index in [1.54, 1.807) is 0 Å². The highest BCUT2D eigenvalue weighted by molar-refractivity contribution is 6.25. The molecule has 0 aliphatic heterocycles. The van der Waals surface area contributed by atoms with Gasteiger partial charge in [-0.15, -0.1) is 0 Å². The topological polar surface area (TPSA) is 48.2 Å². The fraction of sp³-hybridized carbons (Fsp3) is 0. The Labute approximate surface area is 134 Å². The first kappa shape index (κ1) is 13.3. The lowest BCUT2D eigenvalue weighted by molar-refractivity contribution is 1.33. The number of nitrogens with one attached hydrogen (secondary N) is 1. The van der Waals surface area contributed by atoms with Crippen LogP contribution in [0.4, 0.5) is 5.69 Å². The molecule has 108 valence electrons. The molecular formula is C20H13N3. The zero-order valence-corrected chi connectivity index (χ0v) is 12.3. The fourth-order valence-corrected chi connectivity index (χ4v) is 2.94. The number of rotatable bonds is 2. The summed E-state index contributed by atoms with van der Waals surface area (Å²) in [4.78, 5) is 0. The summed E-state index contributed by atoms with van der Waals surface area (Å²) in [7, 11) is 0. The summed E-state index contributed by atoms with van der Waals surface area (Å²) in [6, 6.07) is 26.0. The molecular weight excluding hydrogens is 282 g/mol. The number of para-hydroxylation sites is 1. The number of nitriles is 1. The van der Waals surface area contributed by atoms with Gasteiger partial charge in [-0.2, -0.15) is 10.4 Å². The van der Waals surface area contributed by atoms with Crippen LogP contribution in [0, 0.1) is 11.3 Å². The summed E-state index contributed by atoms with van der Waals surface area (Å²) >= 11 is 0. The lowest BCUT2D eigenvalue weighted by atomic mass is 10.0. The van der Waals surface area contributed by atoms with Gasteiger partial charge in [0.2, 0.25) is 0 Å². The number of benzene rings is 3. The van der Waals surface area contributed by atoms with Crippen molar-refractivity contribution in [1.29, 1.82) is 5.26 Å². The number of nitrogens with zero attached hydrogens (tertiary/aromatic N) is 2. The van der Waals surface area contributed by atoms with Crippen molar-refractivity contribution in [3.05, 3.63) is 89.5 Å². The summed E-state index contributed by atoms with van der Waals surface area (Å²) in [5, 5.41) is 14.0. The zero-order chi connectivity index (χ0) is 15.6. The Morgan fingerprint density at radius 1 is 0.739 bits per heavy atom. The Hall–Kier alpha value is -3.38. The lowest BCUT2D eigenvalue weighted by Gasteiger charge is -2.04. The molecule has 0 aromatic heterocycles. The number of hydrazone groups is 1. The van der Waals surface area contributed by atoms with Crippen molar-refractivity contribution in [2.24, 2.45) is 5.10 Å². The van der Waals surface area contributed by atoms with Crippen LogP contribution in [0.3, 0.4) is 0 Å². The van der Waals surface area contributed by atoms with Gasteiger partial charge in [-0.25, -0.2) is 0 Å². The first-order chi connectivity index (χ1) is 11.4. The van der Waals surface area contributed by atoms with E-state index >= 15 is 0 Å². The highest BCUT2D eigenvalue weighted by Crippen LogP contribution is 2.39. The summed E-state index contributed by atoms with van der Waals surface area (Å²) < 4.78 is 0. The van der Waals surface area contributed by atoms with Crippen LogP contribution in [0.15, 0.2) is 77.9 Å². The minimum Gasteiger partial charge on any atom is -0.278 e. The highest BCUT2D eigenvalue weighted by atomic mass is 15.3. The average molecular weight is 295 g/mol. The monoisotopic (exact) mass is 295 g/mol. The lowest BCUT2D eigenvalue weighted by Crippen LogP contribution is -2.02. The zero-order valence-electron chi connectivity index (χ0n) is 12.3. The van der Waals surface area contributed by atoms with Gasteiger partial charge in [-0.3, -0.25) is 5.43 Å². The van der Waals surface area contributed by atoms with E-state index in [1.165, 1.54) is 0 Å². The first-order valence-electron chi connectivity index (χ1n) is 7.40. The van der Waals surface area contributed by atoms with Crippen molar-refractivity contribution < 1.29 is 0 Å². The van der Waals surface area contributed by atoms with Crippen molar-refractivity contribution in [2.75, 3.05) is 5.43 Å². The van der Waals surface area contributed by atoms with Gasteiger partial charge in [0, 0.05) is 16.7 Å². The molecule has 0 saturated carbocycles. The third-order valence-electron chi connectivity index (χ3n) is 3.96. The number of hydrogen-bond donors (Lipinski definition) is 1. The largest absolute Gasteiger partial charge is 0.278 e. The number of hydrogen-bond acceptors (Lipinski definition) is 3. The minimum absolute atomic E-state index is 0.680. The molecule has 0 heterocycles. The SMILES string of the molecule is N#Cc1cccc2c1-c1ccccc1/C2=N\Nc1ccccc1. The molecule has 0 fully saturated rings. The van der Waals surface area contributed by atoms with Crippen LogP contribution in [-0.4, -0.2) is 5.71 Å². The van der Waals surface area contributed by atoms with Gasteiger partial charge in [-0.1, -0.05) is 54.6 Å². The normalized spacial score (nSPS) is 13.3. The summed E-state index contributed by atoms with van der Waals surface area (Å²) in [5.74, 6) is 0. The second-order valence-corrected chi connectivity index (χ2v) is 5.32. The fourth-order valence-electron chi connectivity index (χ4n) is 2.94. The summed E-state index contributed by atoms with van der Waals surface area (Å²) in [5.41, 5.74) is 9.67. The van der Waals surface area contributed by atoms with E-state index in [0.29, 0.717) is 5.56 Å². The van der Waals surface area contributed by atoms with E-state index < -0.39 is 0 Å². The van der Waals surface area contributed by atoms with Crippen LogP contribution in [0.2, 0.25) is 0 Å². The molecule has 3 heteroatoms. The van der Waals surface area contributed by atoms with Gasteiger partial charge >= 0.3 is 0 Å². The molecule has 0 amide bonds. The van der Waals surface area contributed by atoms with Crippen molar-refractivity contribution in [3.8, 4) is 17.2 Å². The van der Waals surface area contributed by atoms with Gasteiger partial charge in [0.25, 0.3) is 0 Å². The van der Waals surface area contributed by atoms with Crippen molar-refractivity contribution >= 4 is 11.4 Å². The third kappa shape index (κ3) is 2.18. The van der Waals surface area contributed by atoms with E-state index in [1.807, 2.05) is 72.8 Å². The van der Waals surface area contributed by atoms with Crippen LogP contribution in [0.25, 0.3) is 11.1 Å². The molecule has 0 bridgehead atoms. The van der Waals surface area contributed by atoms with E-state index in [0.717, 1.165) is 33.7 Å². The third-order valence-corrected chi connectivity index (χ3v) is 3.96. The Kier molecular flexibility index (Phi) is 3.14. The van der Waals surface area contributed by atoms with Gasteiger partial charge in [0.1, 0.15) is 0 Å². The maximum atomic E-state index is 9.42. The van der Waals surface area contributed by atoms with E-state index in [9.17, 15) is 5.26 Å². The second kappa shape index (κ2) is 5.43. The molecule has 0 radical (unpaired) electrons. The summed E-state index contributed by atoms with van der Waals surface area (Å²) in [6.45, 7) is 0. The van der Waals surface area contributed by atoms with Gasteiger partial charge in [0.05, 0.1) is 23.0 Å². The standard InChI is InChI=1S/C20H13N3/c21-13-14-7-6-12-18-19(14)16-10-4-5-11-17(16)20(18)23-22-15-8-2-1-3-9-15/h1-12,22H/b23-20+. The predicted octanol–water partition coefficient (Wildman–Crippen LogP) is 4.40. The molecule has 0 saturated heterocycles. The van der Waals surface area contributed by atoms with E-state index in [2.05, 4.69) is 16.6 Å². The Morgan fingerprint density at radius 2 is 1.43 bits per heavy atom. The number of fused-ring (bicyclic) bond motifs is 3. The first-order valence-corrected chi connectivity index (χ1v) is 7.40. The minimum atomic E-state index is 0.680. The Bertz CT molecular complexity index is 950. The Morgan fingerprint density at radius 3 is 2.22 bits per heavy atom. The quantitative estimate of drug-likeness (QED) is 0.557. The van der Waals surface area contributed by atoms with Crippen LogP contribution in [0.5, 0.6) is 0 Å². The van der Waals surface area contributed by atoms with Crippen LogP contribution >= 0.6 is 0 Å². The van der Waals surface area contributed by atoms with Crippen LogP contribution in [-0.2, 0) is 0 Å². The maximum Gasteiger partial charge on any atom is 0.0998 e. The second-order valence-electron chi connectivity index (χ2n) is 5.32. The molecule has 1 aliphatic carbocycles. The average Bonchev–Trinajstić information content (AvgIpc) is 2.95. The highest BCUT2D eigenvalue weighted by Gasteiger charge is 2.26. The molecule has 3 nitrogen and oxygen atoms in total. The van der Waals surface area contributed by atoms with Gasteiger partial charge in [-0.05, 0) is 23.8 Å². The molecule has 0 unspecified atom stereocenters. The van der Waals surface area contributed by atoms with E-state index in [4.69, 9.17) is 0 Å². The molecule has 1 N–H and O–H groups in total. The van der Waals surface area contributed by atoms with E-state index in [-0.39, 0.29) is 0 Å². The Balaban J connectivity index is 1.88. The van der Waals surface area contributed by atoms with Gasteiger partial charge in [0.15, 0.2) is 0 Å². The molecule has 0 atom stereocenters. The van der Waals surface area contributed by atoms with Crippen molar-refractivity contribution in [3.63, 3.8) is 0 Å². The summed E-state index contributed by atoms with van der Waals surface area (Å²) in [6.07, 6.45) is 0. The molecule has 4 rings (SSSR count). The molecule has 0 spiro atoms. The van der Waals surface area contributed by atoms with Crippen molar-refractivity contribution in [1.82, 2.24) is 0 Å². The van der Waals surface area contributed by atoms with Crippen molar-refractivity contribution in [2.45, 2.75) is 0 Å². The predicted molar refractivity (Wildman–Crippen MR) is 92.3 cm³/mol. The number of anilines is 1.